The standard InChI is InChI=1S/C5H9N2/c1-4-2-6-5(1)3-7-4/h4-6H,1-3H2/t4-,5-/m1/s1. The van der Waals surface area contributed by atoms with Crippen LogP contribution >= 0.6 is 0 Å². The van der Waals surface area contributed by atoms with Crippen LogP contribution in [0.1, 0.15) is 6.42 Å². The van der Waals surface area contributed by atoms with E-state index >= 15 is 0 Å². The average molecular weight is 97.1 g/mol. The quantitative estimate of drug-likeness (QED) is 0.426. The Morgan fingerprint density at radius 2 is 2.57 bits per heavy atom. The number of nitrogens with zero attached hydrogens (tertiary/aromatic N) is 1. The van der Waals surface area contributed by atoms with Gasteiger partial charge >= 0.3 is 0 Å². The second kappa shape index (κ2) is 1.20. The highest BCUT2D eigenvalue weighted by Gasteiger charge is 2.30. The van der Waals surface area contributed by atoms with Crippen molar-refractivity contribution in [3.63, 3.8) is 0 Å². The Kier molecular flexibility index (Phi) is 0.664. The molecule has 2 rings (SSSR count). The maximum atomic E-state index is 4.34. The van der Waals surface area contributed by atoms with Gasteiger partial charge < -0.3 is 5.32 Å². The molecule has 2 heterocycles. The van der Waals surface area contributed by atoms with Crippen LogP contribution in [0.25, 0.3) is 0 Å². The van der Waals surface area contributed by atoms with Gasteiger partial charge in [-0.2, -0.15) is 0 Å². The lowest BCUT2D eigenvalue weighted by Crippen LogP contribution is -2.35. The molecule has 1 N–H and O–H groups in total. The number of hydrogen-bond acceptors (Lipinski definition) is 1. The molecular weight excluding hydrogens is 88.1 g/mol. The Balaban J connectivity index is 2.12. The minimum absolute atomic E-state index is 0.685. The van der Waals surface area contributed by atoms with Crippen LogP contribution in [-0.4, -0.2) is 25.2 Å². The van der Waals surface area contributed by atoms with Gasteiger partial charge in [0.2, 0.25) is 0 Å². The molecule has 0 aromatic heterocycles. The molecule has 2 bridgehead atoms. The summed E-state index contributed by atoms with van der Waals surface area (Å²) >= 11 is 0. The van der Waals surface area contributed by atoms with Gasteiger partial charge in [-0.15, -0.1) is 0 Å². The molecule has 2 aliphatic rings. The monoisotopic (exact) mass is 97.1 g/mol. The first kappa shape index (κ1) is 3.87. The van der Waals surface area contributed by atoms with Crippen molar-refractivity contribution in [2.24, 2.45) is 0 Å². The molecule has 2 aliphatic heterocycles. The van der Waals surface area contributed by atoms with Gasteiger partial charge in [0, 0.05) is 25.2 Å². The Morgan fingerprint density at radius 3 is 2.71 bits per heavy atom. The SMILES string of the molecule is C1N[C@H]2C[N][C@@H]1C2. The van der Waals surface area contributed by atoms with E-state index in [1.54, 1.807) is 0 Å². The molecule has 0 spiro atoms. The van der Waals surface area contributed by atoms with E-state index in [2.05, 4.69) is 10.6 Å². The molecule has 2 atom stereocenters. The molecule has 0 aromatic carbocycles. The summed E-state index contributed by atoms with van der Waals surface area (Å²) in [4.78, 5) is 0. The van der Waals surface area contributed by atoms with Crippen molar-refractivity contribution < 1.29 is 0 Å². The molecule has 0 amide bonds. The summed E-state index contributed by atoms with van der Waals surface area (Å²) in [7, 11) is 0. The first-order chi connectivity index (χ1) is 3.45. The summed E-state index contributed by atoms with van der Waals surface area (Å²) in [6.45, 7) is 2.22. The molecule has 0 unspecified atom stereocenters. The van der Waals surface area contributed by atoms with Crippen LogP contribution in [0.4, 0.5) is 0 Å². The van der Waals surface area contributed by atoms with Crippen molar-refractivity contribution >= 4 is 0 Å². The van der Waals surface area contributed by atoms with E-state index < -0.39 is 0 Å². The fraction of sp³-hybridized carbons (Fsp3) is 1.00. The number of piperazine rings is 1. The normalized spacial score (nSPS) is 48.0. The van der Waals surface area contributed by atoms with Crippen LogP contribution in [0.2, 0.25) is 0 Å². The summed E-state index contributed by atoms with van der Waals surface area (Å²) in [6, 6.07) is 1.44. The molecule has 2 fully saturated rings. The van der Waals surface area contributed by atoms with Gasteiger partial charge in [-0.25, -0.2) is 5.32 Å². The van der Waals surface area contributed by atoms with Gasteiger partial charge in [0.15, 0.2) is 0 Å². The Hall–Kier alpha value is -0.0800. The summed E-state index contributed by atoms with van der Waals surface area (Å²) in [5.74, 6) is 0. The minimum atomic E-state index is 0.685. The second-order valence-electron chi connectivity index (χ2n) is 2.36. The summed E-state index contributed by atoms with van der Waals surface area (Å²) in [5.41, 5.74) is 0. The van der Waals surface area contributed by atoms with Crippen molar-refractivity contribution in [2.75, 3.05) is 13.1 Å². The molecule has 0 aliphatic carbocycles. The molecule has 7 heavy (non-hydrogen) atoms. The maximum absolute atomic E-state index is 4.34. The second-order valence-corrected chi connectivity index (χ2v) is 2.36. The third-order valence-corrected chi connectivity index (χ3v) is 1.78. The van der Waals surface area contributed by atoms with Gasteiger partial charge in [-0.1, -0.05) is 0 Å². The number of nitrogens with one attached hydrogen (secondary N) is 1. The van der Waals surface area contributed by atoms with Gasteiger partial charge in [0.05, 0.1) is 0 Å². The Morgan fingerprint density at radius 1 is 1.57 bits per heavy atom. The van der Waals surface area contributed by atoms with Crippen molar-refractivity contribution in [1.82, 2.24) is 10.6 Å². The molecule has 2 saturated heterocycles. The summed E-state index contributed by atoms with van der Waals surface area (Å²) in [6.07, 6.45) is 1.31. The molecule has 1 radical (unpaired) electrons. The predicted molar refractivity (Wildman–Crippen MR) is 27.2 cm³/mol. The van der Waals surface area contributed by atoms with Gasteiger partial charge in [-0.05, 0) is 6.42 Å². The van der Waals surface area contributed by atoms with E-state index in [0.29, 0.717) is 6.04 Å². The summed E-state index contributed by atoms with van der Waals surface area (Å²) in [5, 5.41) is 7.70. The highest BCUT2D eigenvalue weighted by atomic mass is 15.1. The lowest BCUT2D eigenvalue weighted by Gasteiger charge is -2.08. The lowest BCUT2D eigenvalue weighted by molar-refractivity contribution is 0.519. The maximum Gasteiger partial charge on any atom is 0.0386 e. The zero-order chi connectivity index (χ0) is 4.69. The van der Waals surface area contributed by atoms with Crippen LogP contribution in [0.3, 0.4) is 0 Å². The van der Waals surface area contributed by atoms with Gasteiger partial charge in [0.25, 0.3) is 0 Å². The van der Waals surface area contributed by atoms with Crippen molar-refractivity contribution in [3.05, 3.63) is 0 Å². The van der Waals surface area contributed by atoms with Crippen molar-refractivity contribution in [2.45, 2.75) is 18.5 Å². The molecule has 2 nitrogen and oxygen atoms in total. The molecule has 0 aromatic rings. The molecule has 39 valence electrons. The van der Waals surface area contributed by atoms with E-state index in [1.807, 2.05) is 0 Å². The topological polar surface area (TPSA) is 26.1 Å². The highest BCUT2D eigenvalue weighted by Crippen LogP contribution is 2.13. The third kappa shape index (κ3) is 0.469. The van der Waals surface area contributed by atoms with Crippen LogP contribution in [0.15, 0.2) is 0 Å². The first-order valence-corrected chi connectivity index (χ1v) is 2.85. The van der Waals surface area contributed by atoms with Gasteiger partial charge in [0.1, 0.15) is 0 Å². The van der Waals surface area contributed by atoms with E-state index in [4.69, 9.17) is 0 Å². The fourth-order valence-electron chi connectivity index (χ4n) is 1.35. The van der Waals surface area contributed by atoms with Crippen LogP contribution in [0, 0.1) is 0 Å². The number of rotatable bonds is 0. The summed E-state index contributed by atoms with van der Waals surface area (Å²) < 4.78 is 0. The van der Waals surface area contributed by atoms with Crippen molar-refractivity contribution in [1.29, 1.82) is 0 Å². The van der Waals surface area contributed by atoms with Gasteiger partial charge in [-0.3, -0.25) is 0 Å². The number of fused-ring (bicyclic) bond motifs is 2. The zero-order valence-electron chi connectivity index (χ0n) is 4.22. The highest BCUT2D eigenvalue weighted by molar-refractivity contribution is 4.94. The third-order valence-electron chi connectivity index (χ3n) is 1.78. The Bertz CT molecular complexity index is 64.1. The van der Waals surface area contributed by atoms with E-state index in [-0.39, 0.29) is 0 Å². The van der Waals surface area contributed by atoms with E-state index in [9.17, 15) is 0 Å². The molecular formula is C5H9N2. The number of hydrogen-bond donors (Lipinski definition) is 1. The van der Waals surface area contributed by atoms with Crippen LogP contribution in [0.5, 0.6) is 0 Å². The lowest BCUT2D eigenvalue weighted by atomic mass is 10.3. The average Bonchev–Trinajstić information content (AvgIpc) is 2.22. The Labute approximate surface area is 43.3 Å². The minimum Gasteiger partial charge on any atom is -0.311 e. The van der Waals surface area contributed by atoms with E-state index in [0.717, 1.165) is 19.1 Å². The predicted octanol–water partition coefficient (Wildman–Crippen LogP) is -0.665. The van der Waals surface area contributed by atoms with Crippen molar-refractivity contribution in [3.8, 4) is 0 Å². The van der Waals surface area contributed by atoms with Crippen LogP contribution in [-0.2, 0) is 0 Å². The zero-order valence-corrected chi connectivity index (χ0v) is 4.22. The molecule has 0 saturated carbocycles. The fourth-order valence-corrected chi connectivity index (χ4v) is 1.35. The molecule has 2 heteroatoms. The largest absolute Gasteiger partial charge is 0.311 e. The van der Waals surface area contributed by atoms with Crippen LogP contribution < -0.4 is 10.6 Å². The first-order valence-electron chi connectivity index (χ1n) is 2.85. The smallest absolute Gasteiger partial charge is 0.0386 e. The van der Waals surface area contributed by atoms with E-state index in [1.165, 1.54) is 6.42 Å².